The van der Waals surface area contributed by atoms with Gasteiger partial charge in [0.25, 0.3) is 0 Å². The van der Waals surface area contributed by atoms with Crippen LogP contribution in [0.4, 0.5) is 0 Å². The van der Waals surface area contributed by atoms with Gasteiger partial charge in [-0.1, -0.05) is 257 Å². The topological polar surface area (TPSA) is 189 Å². The van der Waals surface area contributed by atoms with Gasteiger partial charge in [0.2, 0.25) is 5.91 Å². The third-order valence-electron chi connectivity index (χ3n) is 14.6. The number of hydrogen-bond donors (Lipinski definition) is 8. The van der Waals surface area contributed by atoms with Crippen molar-refractivity contribution in [3.8, 4) is 0 Å². The standard InChI is InChI=1S/C58H113NO10/c1-3-5-7-9-11-13-14-15-16-17-18-19-20-21-22-23-24-25-26-27-28-29-30-31-32-33-34-35-36-37-38-40-42-44-46-51(62)57(67)59-49(48-68-58-56(66)55(65)54(64)52(47-60)69-58)53(63)50(61)45-43-41-39-12-10-8-6-4-2/h12,39,49-56,58,60-66H,3-11,13-38,40-48H2,1-2H3,(H,59,67)/b39-12+. The van der Waals surface area contributed by atoms with E-state index in [0.717, 1.165) is 44.9 Å². The summed E-state index contributed by atoms with van der Waals surface area (Å²) in [5.41, 5.74) is 0. The second kappa shape index (κ2) is 47.8. The number of ether oxygens (including phenoxy) is 2. The van der Waals surface area contributed by atoms with Crippen molar-refractivity contribution in [1.82, 2.24) is 5.32 Å². The molecule has 9 unspecified atom stereocenters. The number of hydrogen-bond acceptors (Lipinski definition) is 10. The van der Waals surface area contributed by atoms with E-state index in [-0.39, 0.29) is 12.8 Å². The quantitative estimate of drug-likeness (QED) is 0.0215. The van der Waals surface area contributed by atoms with Crippen LogP contribution < -0.4 is 5.32 Å². The van der Waals surface area contributed by atoms with Crippen LogP contribution in [0.2, 0.25) is 0 Å². The molecule has 0 bridgehead atoms. The SMILES string of the molecule is CCCCC/C=C/CCCC(O)C(O)C(COC1OC(CO)C(O)C(O)C1O)NC(=O)C(O)CCCCCCCCCCCCCCCCCCCCCCCCCCCCCCCCCCCC. The molecule has 11 heteroatoms. The molecule has 1 aliphatic heterocycles. The van der Waals surface area contributed by atoms with Crippen molar-refractivity contribution < 1.29 is 50.0 Å². The smallest absolute Gasteiger partial charge is 0.249 e. The zero-order chi connectivity index (χ0) is 50.4. The van der Waals surface area contributed by atoms with Crippen molar-refractivity contribution in [3.63, 3.8) is 0 Å². The average molecular weight is 985 g/mol. The fourth-order valence-electron chi connectivity index (χ4n) is 9.74. The van der Waals surface area contributed by atoms with Crippen molar-refractivity contribution in [1.29, 1.82) is 0 Å². The maximum Gasteiger partial charge on any atom is 0.249 e. The van der Waals surface area contributed by atoms with Gasteiger partial charge in [-0.25, -0.2) is 0 Å². The van der Waals surface area contributed by atoms with Crippen LogP contribution in [0.25, 0.3) is 0 Å². The normalized spacial score (nSPS) is 20.4. The molecule has 0 saturated carbocycles. The van der Waals surface area contributed by atoms with Crippen LogP contribution >= 0.6 is 0 Å². The van der Waals surface area contributed by atoms with E-state index in [0.29, 0.717) is 12.8 Å². The lowest BCUT2D eigenvalue weighted by molar-refractivity contribution is -0.303. The van der Waals surface area contributed by atoms with Crippen LogP contribution in [0.5, 0.6) is 0 Å². The highest BCUT2D eigenvalue weighted by atomic mass is 16.7. The lowest BCUT2D eigenvalue weighted by Crippen LogP contribution is -2.60. The first-order chi connectivity index (χ1) is 33.7. The summed E-state index contributed by atoms with van der Waals surface area (Å²) in [6.07, 6.45) is 44.9. The maximum atomic E-state index is 13.1. The lowest BCUT2D eigenvalue weighted by atomic mass is 9.98. The molecule has 1 amide bonds. The molecule has 0 aromatic heterocycles. The highest BCUT2D eigenvalue weighted by Gasteiger charge is 2.44. The molecule has 1 heterocycles. The van der Waals surface area contributed by atoms with Crippen molar-refractivity contribution in [3.05, 3.63) is 12.2 Å². The van der Waals surface area contributed by atoms with Gasteiger partial charge in [0, 0.05) is 0 Å². The molecule has 0 aromatic carbocycles. The highest BCUT2D eigenvalue weighted by Crippen LogP contribution is 2.23. The molecule has 1 rings (SSSR count). The van der Waals surface area contributed by atoms with Gasteiger partial charge in [-0.15, -0.1) is 0 Å². The summed E-state index contributed by atoms with van der Waals surface area (Å²) in [7, 11) is 0. The summed E-state index contributed by atoms with van der Waals surface area (Å²) in [6.45, 7) is 3.39. The third kappa shape index (κ3) is 36.4. The van der Waals surface area contributed by atoms with Gasteiger partial charge in [0.15, 0.2) is 6.29 Å². The monoisotopic (exact) mass is 984 g/mol. The summed E-state index contributed by atoms with van der Waals surface area (Å²) in [5.74, 6) is -0.704. The zero-order valence-corrected chi connectivity index (χ0v) is 44.8. The number of unbranched alkanes of at least 4 members (excludes halogenated alkanes) is 37. The minimum atomic E-state index is -1.66. The third-order valence-corrected chi connectivity index (χ3v) is 14.6. The van der Waals surface area contributed by atoms with Gasteiger partial charge in [0.1, 0.15) is 36.6 Å². The molecule has 1 saturated heterocycles. The minimum Gasteiger partial charge on any atom is -0.394 e. The van der Waals surface area contributed by atoms with Gasteiger partial charge in [-0.05, 0) is 38.5 Å². The first kappa shape index (κ1) is 65.9. The second-order valence-corrected chi connectivity index (χ2v) is 21.1. The summed E-state index contributed by atoms with van der Waals surface area (Å²) in [5, 5.41) is 75.6. The number of carbonyl (C=O) groups is 1. The van der Waals surface area contributed by atoms with E-state index in [1.165, 1.54) is 199 Å². The summed E-state index contributed by atoms with van der Waals surface area (Å²) < 4.78 is 11.1. The molecule has 1 fully saturated rings. The molecule has 0 aromatic rings. The molecule has 1 aliphatic rings. The average Bonchev–Trinajstić information content (AvgIpc) is 3.35. The van der Waals surface area contributed by atoms with E-state index in [9.17, 15) is 40.5 Å². The van der Waals surface area contributed by atoms with E-state index < -0.39 is 74.2 Å². The van der Waals surface area contributed by atoms with E-state index in [2.05, 4.69) is 31.3 Å². The largest absolute Gasteiger partial charge is 0.394 e. The molecule has 410 valence electrons. The maximum absolute atomic E-state index is 13.1. The van der Waals surface area contributed by atoms with Crippen LogP contribution in [0, 0.1) is 0 Å². The predicted molar refractivity (Wildman–Crippen MR) is 284 cm³/mol. The highest BCUT2D eigenvalue weighted by molar-refractivity contribution is 5.80. The predicted octanol–water partition coefficient (Wildman–Crippen LogP) is 12.4. The van der Waals surface area contributed by atoms with E-state index in [4.69, 9.17) is 9.47 Å². The number of allylic oxidation sites excluding steroid dienone is 2. The van der Waals surface area contributed by atoms with Gasteiger partial charge in [-0.3, -0.25) is 4.79 Å². The number of nitrogens with one attached hydrogen (secondary N) is 1. The van der Waals surface area contributed by atoms with Crippen molar-refractivity contribution in [2.75, 3.05) is 13.2 Å². The van der Waals surface area contributed by atoms with Crippen LogP contribution in [0.15, 0.2) is 12.2 Å². The van der Waals surface area contributed by atoms with Crippen LogP contribution in [0.3, 0.4) is 0 Å². The number of aliphatic hydroxyl groups is 7. The Morgan fingerprint density at radius 1 is 0.493 bits per heavy atom. The lowest BCUT2D eigenvalue weighted by Gasteiger charge is -2.40. The van der Waals surface area contributed by atoms with Gasteiger partial charge >= 0.3 is 0 Å². The Morgan fingerprint density at radius 3 is 1.25 bits per heavy atom. The molecule has 69 heavy (non-hydrogen) atoms. The summed E-state index contributed by atoms with van der Waals surface area (Å²) in [6, 6.07) is -1.18. The van der Waals surface area contributed by atoms with Crippen LogP contribution in [-0.2, 0) is 14.3 Å². The molecule has 0 aliphatic carbocycles. The van der Waals surface area contributed by atoms with E-state index in [1.807, 2.05) is 0 Å². The van der Waals surface area contributed by atoms with E-state index in [1.54, 1.807) is 0 Å². The molecule has 0 spiro atoms. The Balaban J connectivity index is 2.09. The molecule has 9 atom stereocenters. The molecule has 8 N–H and O–H groups in total. The fourth-order valence-corrected chi connectivity index (χ4v) is 9.74. The number of aliphatic hydroxyl groups excluding tert-OH is 7. The number of amides is 1. The molecular weight excluding hydrogens is 871 g/mol. The Kier molecular flexibility index (Phi) is 45.7. The van der Waals surface area contributed by atoms with Crippen molar-refractivity contribution in [2.24, 2.45) is 0 Å². The molecule has 11 nitrogen and oxygen atoms in total. The van der Waals surface area contributed by atoms with Crippen molar-refractivity contribution >= 4 is 5.91 Å². The van der Waals surface area contributed by atoms with Crippen LogP contribution in [-0.4, -0.2) is 110 Å². The first-order valence-corrected chi connectivity index (χ1v) is 29.6. The number of carbonyl (C=O) groups excluding carboxylic acids is 1. The molecular formula is C58H113NO10. The Bertz CT molecular complexity index is 1130. The van der Waals surface area contributed by atoms with Gasteiger partial charge in [0.05, 0.1) is 25.4 Å². The van der Waals surface area contributed by atoms with E-state index >= 15 is 0 Å². The van der Waals surface area contributed by atoms with Crippen LogP contribution in [0.1, 0.15) is 284 Å². The minimum absolute atomic E-state index is 0.259. The van der Waals surface area contributed by atoms with Gasteiger partial charge < -0.3 is 50.5 Å². The number of rotatable bonds is 51. The Labute approximate surface area is 423 Å². The molecule has 0 radical (unpaired) electrons. The Morgan fingerprint density at radius 2 is 0.855 bits per heavy atom. The zero-order valence-electron chi connectivity index (χ0n) is 44.8. The second-order valence-electron chi connectivity index (χ2n) is 21.1. The summed E-state index contributed by atoms with van der Waals surface area (Å²) in [4.78, 5) is 13.1. The van der Waals surface area contributed by atoms with Gasteiger partial charge in [-0.2, -0.15) is 0 Å². The van der Waals surface area contributed by atoms with Crippen molar-refractivity contribution in [2.45, 2.75) is 339 Å². The fraction of sp³-hybridized carbons (Fsp3) is 0.948. The first-order valence-electron chi connectivity index (χ1n) is 29.6. The summed E-state index contributed by atoms with van der Waals surface area (Å²) >= 11 is 0. The Hall–Kier alpha value is -1.15.